The molecule has 1 aromatic carbocycles. The van der Waals surface area contributed by atoms with E-state index < -0.39 is 34.6 Å². The molecule has 2 N–H and O–H groups in total. The third-order valence-corrected chi connectivity index (χ3v) is 5.10. The number of hydrogen-bond donors (Lipinski definition) is 2. The molecule has 0 aromatic heterocycles. The van der Waals surface area contributed by atoms with E-state index in [4.69, 9.17) is 11.6 Å². The van der Waals surface area contributed by atoms with E-state index in [1.807, 2.05) is 0 Å². The predicted molar refractivity (Wildman–Crippen MR) is 85.5 cm³/mol. The van der Waals surface area contributed by atoms with E-state index in [0.29, 0.717) is 5.02 Å². The van der Waals surface area contributed by atoms with Crippen molar-refractivity contribution < 1.29 is 17.2 Å². The zero-order chi connectivity index (χ0) is 15.7. The summed E-state index contributed by atoms with van der Waals surface area (Å²) in [6, 6.07) is 4.75. The lowest BCUT2D eigenvalue weighted by Crippen LogP contribution is -2.51. The van der Waals surface area contributed by atoms with Gasteiger partial charge in [0, 0.05) is 11.1 Å². The Bertz CT molecular complexity index is 614. The molecule has 9 heteroatoms. The molecular formula is C13H18Cl2F2N2O2S. The lowest BCUT2D eigenvalue weighted by atomic mass is 10.00. The van der Waals surface area contributed by atoms with Gasteiger partial charge in [-0.25, -0.2) is 21.9 Å². The summed E-state index contributed by atoms with van der Waals surface area (Å²) < 4.78 is 53.1. The van der Waals surface area contributed by atoms with Gasteiger partial charge in [-0.3, -0.25) is 0 Å². The first kappa shape index (κ1) is 19.6. The van der Waals surface area contributed by atoms with Crippen molar-refractivity contribution in [3.63, 3.8) is 0 Å². The van der Waals surface area contributed by atoms with Crippen LogP contribution < -0.4 is 10.0 Å². The van der Waals surface area contributed by atoms with Gasteiger partial charge in [0.25, 0.3) is 5.92 Å². The van der Waals surface area contributed by atoms with Crippen LogP contribution in [-0.2, 0) is 16.4 Å². The standard InChI is InChI=1S/C13H17ClF2N2O2S.ClH/c1-2-21(19,20)18-12-11(17-8-13(12,15)16)7-9-4-3-5-10(14)6-9;/h3-6,11-12,17-18H,2,7-8H2,1H3;1H/t11-,12+;/m0./s1. The van der Waals surface area contributed by atoms with Crippen LogP contribution in [0.5, 0.6) is 0 Å². The maximum absolute atomic E-state index is 13.9. The Balaban J connectivity index is 0.00000242. The van der Waals surface area contributed by atoms with Crippen LogP contribution in [0.3, 0.4) is 0 Å². The molecule has 0 bridgehead atoms. The molecule has 22 heavy (non-hydrogen) atoms. The minimum absolute atomic E-state index is 0. The highest BCUT2D eigenvalue weighted by Crippen LogP contribution is 2.28. The lowest BCUT2D eigenvalue weighted by Gasteiger charge is -2.24. The van der Waals surface area contributed by atoms with Crippen LogP contribution in [0.1, 0.15) is 12.5 Å². The van der Waals surface area contributed by atoms with Gasteiger partial charge in [-0.1, -0.05) is 23.7 Å². The topological polar surface area (TPSA) is 58.2 Å². The van der Waals surface area contributed by atoms with Crippen molar-refractivity contribution in [3.05, 3.63) is 34.9 Å². The first-order chi connectivity index (χ1) is 9.73. The van der Waals surface area contributed by atoms with Crippen molar-refractivity contribution in [2.24, 2.45) is 0 Å². The molecule has 1 aliphatic rings. The summed E-state index contributed by atoms with van der Waals surface area (Å²) in [5, 5.41) is 3.21. The molecule has 1 heterocycles. The van der Waals surface area contributed by atoms with Gasteiger partial charge in [-0.05, 0) is 31.0 Å². The second-order valence-electron chi connectivity index (χ2n) is 5.08. The molecule has 0 spiro atoms. The second kappa shape index (κ2) is 7.40. The van der Waals surface area contributed by atoms with Gasteiger partial charge in [-0.2, -0.15) is 0 Å². The van der Waals surface area contributed by atoms with Gasteiger partial charge in [0.05, 0.1) is 12.3 Å². The molecular weight excluding hydrogens is 357 g/mol. The maximum Gasteiger partial charge on any atom is 0.277 e. The van der Waals surface area contributed by atoms with Crippen molar-refractivity contribution in [3.8, 4) is 0 Å². The Morgan fingerprint density at radius 3 is 2.73 bits per heavy atom. The summed E-state index contributed by atoms with van der Waals surface area (Å²) in [7, 11) is -3.70. The molecule has 1 aromatic rings. The molecule has 0 aliphatic carbocycles. The van der Waals surface area contributed by atoms with Crippen molar-refractivity contribution >= 4 is 34.0 Å². The highest BCUT2D eigenvalue weighted by molar-refractivity contribution is 7.89. The molecule has 2 atom stereocenters. The molecule has 4 nitrogen and oxygen atoms in total. The summed E-state index contributed by atoms with van der Waals surface area (Å²) in [6.07, 6.45) is 0.271. The van der Waals surface area contributed by atoms with E-state index in [2.05, 4.69) is 10.0 Å². The number of alkyl halides is 2. The quantitative estimate of drug-likeness (QED) is 0.830. The van der Waals surface area contributed by atoms with Gasteiger partial charge in [0.2, 0.25) is 10.0 Å². The van der Waals surface area contributed by atoms with Crippen LogP contribution >= 0.6 is 24.0 Å². The van der Waals surface area contributed by atoms with Gasteiger partial charge < -0.3 is 5.32 Å². The van der Waals surface area contributed by atoms with Crippen LogP contribution in [0.4, 0.5) is 8.78 Å². The van der Waals surface area contributed by atoms with E-state index in [-0.39, 0.29) is 24.6 Å². The minimum Gasteiger partial charge on any atom is -0.306 e. The zero-order valence-corrected chi connectivity index (χ0v) is 14.2. The average molecular weight is 375 g/mol. The fourth-order valence-electron chi connectivity index (χ4n) is 2.34. The molecule has 0 saturated carbocycles. The third-order valence-electron chi connectivity index (χ3n) is 3.49. The zero-order valence-electron chi connectivity index (χ0n) is 11.9. The van der Waals surface area contributed by atoms with E-state index in [9.17, 15) is 17.2 Å². The smallest absolute Gasteiger partial charge is 0.277 e. The van der Waals surface area contributed by atoms with Crippen LogP contribution in [0.2, 0.25) is 5.02 Å². The molecule has 0 amide bonds. The maximum atomic E-state index is 13.9. The number of rotatable bonds is 5. The number of nitrogens with one attached hydrogen (secondary N) is 2. The summed E-state index contributed by atoms with van der Waals surface area (Å²) in [6.45, 7) is 0.865. The molecule has 0 radical (unpaired) electrons. The summed E-state index contributed by atoms with van der Waals surface area (Å²) in [5.41, 5.74) is 0.776. The molecule has 1 saturated heterocycles. The summed E-state index contributed by atoms with van der Waals surface area (Å²) >= 11 is 5.87. The molecule has 2 rings (SSSR count). The van der Waals surface area contributed by atoms with E-state index in [1.165, 1.54) is 6.92 Å². The second-order valence-corrected chi connectivity index (χ2v) is 7.56. The van der Waals surface area contributed by atoms with Crippen molar-refractivity contribution in [2.75, 3.05) is 12.3 Å². The Kier molecular flexibility index (Phi) is 6.58. The number of benzene rings is 1. The van der Waals surface area contributed by atoms with Crippen LogP contribution in [0.25, 0.3) is 0 Å². The highest BCUT2D eigenvalue weighted by atomic mass is 35.5. The fourth-order valence-corrected chi connectivity index (χ4v) is 3.45. The highest BCUT2D eigenvalue weighted by Gasteiger charge is 2.51. The SMILES string of the molecule is CCS(=O)(=O)N[C@@H]1[C@H](Cc2cccc(Cl)c2)NCC1(F)F.Cl. The number of hydrogen-bond acceptors (Lipinski definition) is 3. The monoisotopic (exact) mass is 374 g/mol. The predicted octanol–water partition coefficient (Wildman–Crippen LogP) is 2.22. The first-order valence-corrected chi connectivity index (χ1v) is 8.62. The van der Waals surface area contributed by atoms with E-state index >= 15 is 0 Å². The van der Waals surface area contributed by atoms with Crippen LogP contribution in [0.15, 0.2) is 24.3 Å². The van der Waals surface area contributed by atoms with Gasteiger partial charge in [-0.15, -0.1) is 12.4 Å². The lowest BCUT2D eigenvalue weighted by molar-refractivity contribution is -0.000846. The molecule has 126 valence electrons. The van der Waals surface area contributed by atoms with E-state index in [1.54, 1.807) is 24.3 Å². The molecule has 1 aliphatic heterocycles. The Hall–Kier alpha value is -0.470. The first-order valence-electron chi connectivity index (χ1n) is 6.59. The van der Waals surface area contributed by atoms with Gasteiger partial charge in [0.1, 0.15) is 6.04 Å². The number of halogens is 4. The van der Waals surface area contributed by atoms with Crippen LogP contribution in [-0.4, -0.2) is 38.7 Å². The van der Waals surface area contributed by atoms with Crippen molar-refractivity contribution in [1.29, 1.82) is 0 Å². The molecule has 0 unspecified atom stereocenters. The summed E-state index contributed by atoms with van der Waals surface area (Å²) in [5.74, 6) is -3.35. The van der Waals surface area contributed by atoms with Gasteiger partial charge >= 0.3 is 0 Å². The normalized spacial score (nSPS) is 24.0. The van der Waals surface area contributed by atoms with Crippen molar-refractivity contribution in [1.82, 2.24) is 10.0 Å². The van der Waals surface area contributed by atoms with Gasteiger partial charge in [0.15, 0.2) is 0 Å². The largest absolute Gasteiger partial charge is 0.306 e. The number of sulfonamides is 1. The Morgan fingerprint density at radius 1 is 1.45 bits per heavy atom. The Morgan fingerprint density at radius 2 is 2.14 bits per heavy atom. The minimum atomic E-state index is -3.70. The van der Waals surface area contributed by atoms with Crippen molar-refractivity contribution in [2.45, 2.75) is 31.4 Å². The molecule has 1 fully saturated rings. The Labute approximate surface area is 140 Å². The van der Waals surface area contributed by atoms with Crippen LogP contribution in [0, 0.1) is 0 Å². The third kappa shape index (κ3) is 4.76. The average Bonchev–Trinajstić information content (AvgIpc) is 2.66. The fraction of sp³-hybridized carbons (Fsp3) is 0.538. The summed E-state index contributed by atoms with van der Waals surface area (Å²) in [4.78, 5) is 0. The van der Waals surface area contributed by atoms with E-state index in [0.717, 1.165) is 5.56 Å².